The highest BCUT2D eigenvalue weighted by atomic mass is 35.5. The van der Waals surface area contributed by atoms with E-state index in [4.69, 9.17) is 21.1 Å². The molecule has 1 atom stereocenters. The van der Waals surface area contributed by atoms with Gasteiger partial charge in [-0.1, -0.05) is 23.7 Å². The van der Waals surface area contributed by atoms with Gasteiger partial charge < -0.3 is 14.6 Å². The van der Waals surface area contributed by atoms with E-state index in [2.05, 4.69) is 0 Å². The maximum Gasteiger partial charge on any atom is 0.312 e. The number of carboxylic acids is 1. The average molecular weight is 521 g/mol. The lowest BCUT2D eigenvalue weighted by atomic mass is 9.91. The Kier molecular flexibility index (Phi) is 7.70. The molecule has 1 aliphatic heterocycles. The lowest BCUT2D eigenvalue weighted by Crippen LogP contribution is -2.21. The van der Waals surface area contributed by atoms with Crippen LogP contribution in [0.3, 0.4) is 0 Å². The molecule has 0 fully saturated rings. The quantitative estimate of drug-likeness (QED) is 0.204. The molecule has 1 N–H and O–H groups in total. The predicted octanol–water partition coefficient (Wildman–Crippen LogP) is 6.07. The van der Waals surface area contributed by atoms with Crippen LogP contribution in [0.25, 0.3) is 0 Å². The van der Waals surface area contributed by atoms with E-state index in [0.29, 0.717) is 23.4 Å². The molecule has 1 heterocycles. The van der Waals surface area contributed by atoms with Gasteiger partial charge in [-0.05, 0) is 55.2 Å². The Morgan fingerprint density at radius 3 is 2.59 bits per heavy atom. The van der Waals surface area contributed by atoms with Crippen LogP contribution >= 0.6 is 11.6 Å². The van der Waals surface area contributed by atoms with Gasteiger partial charge in [0, 0.05) is 34.7 Å². The van der Waals surface area contributed by atoms with Gasteiger partial charge in [-0.25, -0.2) is 0 Å². The fourth-order valence-electron chi connectivity index (χ4n) is 4.13. The minimum absolute atomic E-state index is 0.00662. The van der Waals surface area contributed by atoms with E-state index in [-0.39, 0.29) is 53.6 Å². The Hall–Kier alpha value is -4.42. The van der Waals surface area contributed by atoms with Crippen molar-refractivity contribution in [3.05, 3.63) is 92.0 Å². The van der Waals surface area contributed by atoms with Crippen LogP contribution in [0.15, 0.2) is 54.6 Å². The van der Waals surface area contributed by atoms with Crippen molar-refractivity contribution in [2.45, 2.75) is 31.6 Å². The van der Waals surface area contributed by atoms with E-state index in [1.807, 2.05) is 18.2 Å². The number of nitro groups is 1. The molecular formula is C27H21ClN2O7. The molecule has 1 aliphatic rings. The zero-order chi connectivity index (χ0) is 26.5. The summed E-state index contributed by atoms with van der Waals surface area (Å²) in [5.74, 6) is -2.05. The number of carbonyl (C=O) groups excluding carboxylic acids is 1. The first-order chi connectivity index (χ1) is 17.8. The molecule has 10 heteroatoms. The molecule has 188 valence electrons. The molecule has 0 radical (unpaired) electrons. The summed E-state index contributed by atoms with van der Waals surface area (Å²) in [6.45, 7) is 0.171. The lowest BCUT2D eigenvalue weighted by molar-refractivity contribution is -0.385. The fourth-order valence-corrected chi connectivity index (χ4v) is 4.26. The zero-order valence-electron chi connectivity index (χ0n) is 19.5. The second kappa shape index (κ2) is 11.1. The molecule has 9 nitrogen and oxygen atoms in total. The first-order valence-electron chi connectivity index (χ1n) is 11.4. The van der Waals surface area contributed by atoms with Crippen molar-refractivity contribution in [2.24, 2.45) is 0 Å². The normalized spacial score (nSPS) is 14.1. The number of benzene rings is 3. The second-order valence-electron chi connectivity index (χ2n) is 8.47. The van der Waals surface area contributed by atoms with Crippen LogP contribution in [0, 0.1) is 21.4 Å². The topological polar surface area (TPSA) is 140 Å². The summed E-state index contributed by atoms with van der Waals surface area (Å²) in [7, 11) is 0. The summed E-state index contributed by atoms with van der Waals surface area (Å²) in [6, 6.07) is 15.9. The van der Waals surface area contributed by atoms with Crippen molar-refractivity contribution in [1.29, 1.82) is 5.26 Å². The van der Waals surface area contributed by atoms with Gasteiger partial charge in [0.25, 0.3) is 0 Å². The van der Waals surface area contributed by atoms with E-state index in [9.17, 15) is 30.1 Å². The Bertz CT molecular complexity index is 1410. The van der Waals surface area contributed by atoms with Crippen molar-refractivity contribution >= 4 is 29.0 Å². The minimum Gasteiger partial charge on any atom is -0.493 e. The zero-order valence-corrected chi connectivity index (χ0v) is 20.2. The van der Waals surface area contributed by atoms with Gasteiger partial charge in [-0.15, -0.1) is 0 Å². The summed E-state index contributed by atoms with van der Waals surface area (Å²) in [5.41, 5.74) is 1.12. The SMILES string of the molecule is N#Cc1cc2c(cc1Oc1ccc(C(=O)CCCc3ccc(Cl)cc3)cc1[N+](=O)[O-])OCCC2C(=O)O. The Morgan fingerprint density at radius 1 is 1.16 bits per heavy atom. The van der Waals surface area contributed by atoms with Crippen LogP contribution in [-0.2, 0) is 11.2 Å². The number of carbonyl (C=O) groups is 2. The number of aryl methyl sites for hydroxylation is 1. The monoisotopic (exact) mass is 520 g/mol. The number of fused-ring (bicyclic) bond motifs is 1. The van der Waals surface area contributed by atoms with Crippen LogP contribution in [0.5, 0.6) is 17.2 Å². The number of nitro benzene ring substituents is 1. The van der Waals surface area contributed by atoms with Gasteiger partial charge in [0.1, 0.15) is 17.6 Å². The van der Waals surface area contributed by atoms with Crippen LogP contribution in [0.1, 0.15) is 52.2 Å². The number of Topliss-reactive ketones (excluding diaryl/α,β-unsaturated/α-hetero) is 1. The number of hydrogen-bond acceptors (Lipinski definition) is 7. The van der Waals surface area contributed by atoms with Crippen molar-refractivity contribution in [2.75, 3.05) is 6.61 Å². The molecule has 0 saturated heterocycles. The van der Waals surface area contributed by atoms with Gasteiger partial charge in [0.05, 0.1) is 23.0 Å². The second-order valence-corrected chi connectivity index (χ2v) is 8.91. The summed E-state index contributed by atoms with van der Waals surface area (Å²) in [6.07, 6.45) is 1.68. The van der Waals surface area contributed by atoms with Crippen LogP contribution < -0.4 is 9.47 Å². The Morgan fingerprint density at radius 2 is 1.92 bits per heavy atom. The number of ketones is 1. The first-order valence-corrected chi connectivity index (χ1v) is 11.8. The predicted molar refractivity (Wildman–Crippen MR) is 134 cm³/mol. The smallest absolute Gasteiger partial charge is 0.312 e. The largest absolute Gasteiger partial charge is 0.493 e. The van der Waals surface area contributed by atoms with Gasteiger partial charge in [0.15, 0.2) is 5.78 Å². The summed E-state index contributed by atoms with van der Waals surface area (Å²) in [5, 5.41) is 31.5. The number of nitriles is 1. The minimum atomic E-state index is -1.04. The lowest BCUT2D eigenvalue weighted by Gasteiger charge is -2.24. The summed E-state index contributed by atoms with van der Waals surface area (Å²) >= 11 is 5.88. The molecule has 0 bridgehead atoms. The van der Waals surface area contributed by atoms with Gasteiger partial charge >= 0.3 is 11.7 Å². The summed E-state index contributed by atoms with van der Waals surface area (Å²) in [4.78, 5) is 35.4. The third-order valence-electron chi connectivity index (χ3n) is 6.05. The molecule has 0 aliphatic carbocycles. The van der Waals surface area contributed by atoms with Crippen molar-refractivity contribution in [1.82, 2.24) is 0 Å². The van der Waals surface area contributed by atoms with Crippen molar-refractivity contribution < 1.29 is 29.1 Å². The number of carboxylic acid groups (broad SMARTS) is 1. The number of aliphatic carboxylic acids is 1. The van der Waals surface area contributed by atoms with Crippen molar-refractivity contribution in [3.8, 4) is 23.3 Å². The number of ether oxygens (including phenoxy) is 2. The van der Waals surface area contributed by atoms with E-state index in [0.717, 1.165) is 11.6 Å². The molecular weight excluding hydrogens is 500 g/mol. The molecule has 3 aromatic rings. The van der Waals surface area contributed by atoms with E-state index in [1.165, 1.54) is 24.3 Å². The van der Waals surface area contributed by atoms with Gasteiger partial charge in [0.2, 0.25) is 5.75 Å². The Balaban J connectivity index is 1.54. The van der Waals surface area contributed by atoms with E-state index in [1.54, 1.807) is 12.1 Å². The van der Waals surface area contributed by atoms with Crippen LogP contribution in [0.4, 0.5) is 5.69 Å². The maximum absolute atomic E-state index is 12.7. The number of halogens is 1. The third-order valence-corrected chi connectivity index (χ3v) is 6.30. The molecule has 1 unspecified atom stereocenters. The highest BCUT2D eigenvalue weighted by molar-refractivity contribution is 6.30. The highest BCUT2D eigenvalue weighted by Crippen LogP contribution is 2.41. The van der Waals surface area contributed by atoms with E-state index >= 15 is 0 Å². The fraction of sp³-hybridized carbons (Fsp3) is 0.222. The van der Waals surface area contributed by atoms with Gasteiger partial charge in [-0.2, -0.15) is 5.26 Å². The van der Waals surface area contributed by atoms with E-state index < -0.39 is 22.5 Å². The average Bonchev–Trinajstić information content (AvgIpc) is 2.88. The molecule has 0 spiro atoms. The molecule has 0 saturated carbocycles. The molecule has 3 aromatic carbocycles. The molecule has 0 amide bonds. The summed E-state index contributed by atoms with van der Waals surface area (Å²) < 4.78 is 11.3. The molecule has 4 rings (SSSR count). The first kappa shape index (κ1) is 25.7. The number of rotatable bonds is 9. The molecule has 37 heavy (non-hydrogen) atoms. The van der Waals surface area contributed by atoms with Crippen LogP contribution in [0.2, 0.25) is 5.02 Å². The van der Waals surface area contributed by atoms with Gasteiger partial charge in [-0.3, -0.25) is 19.7 Å². The highest BCUT2D eigenvalue weighted by Gasteiger charge is 2.30. The van der Waals surface area contributed by atoms with Crippen LogP contribution in [-0.4, -0.2) is 28.4 Å². The number of hydrogen-bond donors (Lipinski definition) is 1. The molecule has 0 aromatic heterocycles. The van der Waals surface area contributed by atoms with Crippen molar-refractivity contribution in [3.63, 3.8) is 0 Å². The number of nitrogens with zero attached hydrogens (tertiary/aromatic N) is 2. The maximum atomic E-state index is 12.7. The standard InChI is InChI=1S/C27H21ClN2O7/c28-19-7-4-16(5-8-19)2-1-3-23(31)17-6-9-24(22(13-17)30(34)35)37-25-14-26-21(12-18(25)15-29)20(27(32)33)10-11-36-26/h4-9,12-14,20H,1-3,10-11H2,(H,32,33). The third kappa shape index (κ3) is 5.88. The Labute approximate surface area is 217 Å².